The van der Waals surface area contributed by atoms with Crippen LogP contribution in [-0.4, -0.2) is 34.5 Å². The zero-order valence-corrected chi connectivity index (χ0v) is 14.6. The zero-order valence-electron chi connectivity index (χ0n) is 14.6. The molecule has 24 heavy (non-hydrogen) atoms. The fraction of sp³-hybridized carbons (Fsp3) is 0.474. The summed E-state index contributed by atoms with van der Waals surface area (Å²) in [7, 11) is 0. The minimum atomic E-state index is -0.139. The van der Waals surface area contributed by atoms with Gasteiger partial charge in [0, 0.05) is 24.5 Å². The molecule has 3 aromatic rings. The molecule has 0 aliphatic heterocycles. The van der Waals surface area contributed by atoms with E-state index in [1.807, 2.05) is 32.0 Å². The molecule has 1 atom stereocenters. The maximum absolute atomic E-state index is 5.65. The Balaban J connectivity index is 1.85. The van der Waals surface area contributed by atoms with Gasteiger partial charge in [-0.25, -0.2) is 4.98 Å². The van der Waals surface area contributed by atoms with Crippen molar-refractivity contribution in [3.05, 3.63) is 36.3 Å². The van der Waals surface area contributed by atoms with Gasteiger partial charge in [-0.05, 0) is 32.8 Å². The van der Waals surface area contributed by atoms with Gasteiger partial charge in [0.2, 0.25) is 0 Å². The summed E-state index contributed by atoms with van der Waals surface area (Å²) in [5.41, 5.74) is 4.08. The third-order valence-corrected chi connectivity index (χ3v) is 4.30. The molecule has 0 radical (unpaired) electrons. The van der Waals surface area contributed by atoms with Crippen LogP contribution >= 0.6 is 0 Å². The lowest BCUT2D eigenvalue weighted by atomic mass is 9.98. The van der Waals surface area contributed by atoms with E-state index in [0.29, 0.717) is 19.1 Å². The summed E-state index contributed by atoms with van der Waals surface area (Å²) in [6.07, 6.45) is 3.41. The number of imidazole rings is 1. The maximum atomic E-state index is 5.65. The van der Waals surface area contributed by atoms with E-state index in [1.54, 1.807) is 6.33 Å². The highest BCUT2D eigenvalue weighted by atomic mass is 16.7. The smallest absolute Gasteiger partial charge is 0.157 e. The Hall–Kier alpha value is -1.98. The number of pyridine rings is 1. The van der Waals surface area contributed by atoms with Gasteiger partial charge in [-0.15, -0.1) is 0 Å². The molecule has 2 heterocycles. The third-order valence-electron chi connectivity index (χ3n) is 4.30. The van der Waals surface area contributed by atoms with E-state index in [2.05, 4.69) is 23.0 Å². The number of benzene rings is 1. The van der Waals surface area contributed by atoms with Crippen molar-refractivity contribution < 1.29 is 9.47 Å². The molecule has 0 aliphatic rings. The monoisotopic (exact) mass is 327 g/mol. The first kappa shape index (κ1) is 16.9. The Labute approximate surface area is 142 Å². The van der Waals surface area contributed by atoms with Crippen LogP contribution in [0.3, 0.4) is 0 Å². The Morgan fingerprint density at radius 2 is 1.83 bits per heavy atom. The highest BCUT2D eigenvalue weighted by Crippen LogP contribution is 2.30. The number of hydrogen-bond acceptors (Lipinski definition) is 4. The Bertz CT molecular complexity index is 794. The lowest BCUT2D eigenvalue weighted by molar-refractivity contribution is -0.140. The van der Waals surface area contributed by atoms with Crippen molar-refractivity contribution in [2.75, 3.05) is 13.2 Å². The molecule has 0 spiro atoms. The van der Waals surface area contributed by atoms with Crippen LogP contribution in [0.5, 0.6) is 0 Å². The summed E-state index contributed by atoms with van der Waals surface area (Å²) in [5.74, 6) is 0.293. The second-order valence-electron chi connectivity index (χ2n) is 5.96. The lowest BCUT2D eigenvalue weighted by Gasteiger charge is -2.19. The van der Waals surface area contributed by atoms with Gasteiger partial charge in [0.15, 0.2) is 6.29 Å². The second kappa shape index (κ2) is 7.73. The molecule has 1 unspecified atom stereocenters. The van der Waals surface area contributed by atoms with Crippen molar-refractivity contribution in [2.24, 2.45) is 0 Å². The molecule has 0 saturated heterocycles. The van der Waals surface area contributed by atoms with Crippen LogP contribution in [0.25, 0.3) is 21.9 Å². The molecule has 1 N–H and O–H groups in total. The SMILES string of the molecule is CCOC(CCC(C)c1nc2ccccc2c2nc[nH]c12)OCC. The van der Waals surface area contributed by atoms with Crippen LogP contribution in [0.4, 0.5) is 0 Å². The number of nitrogens with zero attached hydrogens (tertiary/aromatic N) is 2. The molecule has 0 fully saturated rings. The predicted molar refractivity (Wildman–Crippen MR) is 96.1 cm³/mol. The van der Waals surface area contributed by atoms with E-state index in [-0.39, 0.29) is 6.29 Å². The molecule has 5 nitrogen and oxygen atoms in total. The van der Waals surface area contributed by atoms with Gasteiger partial charge in [0.25, 0.3) is 0 Å². The molecule has 2 aromatic heterocycles. The van der Waals surface area contributed by atoms with Crippen molar-refractivity contribution in [3.8, 4) is 0 Å². The van der Waals surface area contributed by atoms with E-state index in [1.165, 1.54) is 0 Å². The minimum absolute atomic E-state index is 0.139. The normalized spacial score (nSPS) is 13.2. The van der Waals surface area contributed by atoms with Crippen molar-refractivity contribution in [1.29, 1.82) is 0 Å². The summed E-state index contributed by atoms with van der Waals surface area (Å²) >= 11 is 0. The number of ether oxygens (including phenoxy) is 2. The van der Waals surface area contributed by atoms with Gasteiger partial charge in [-0.2, -0.15) is 0 Å². The van der Waals surface area contributed by atoms with Crippen LogP contribution in [0, 0.1) is 0 Å². The number of rotatable bonds is 8. The number of aromatic nitrogens is 3. The molecule has 3 rings (SSSR count). The molecule has 0 amide bonds. The van der Waals surface area contributed by atoms with E-state index in [4.69, 9.17) is 14.5 Å². The van der Waals surface area contributed by atoms with Crippen molar-refractivity contribution in [3.63, 3.8) is 0 Å². The summed E-state index contributed by atoms with van der Waals surface area (Å²) < 4.78 is 11.3. The third kappa shape index (κ3) is 3.42. The Morgan fingerprint density at radius 1 is 1.08 bits per heavy atom. The number of para-hydroxylation sites is 1. The van der Waals surface area contributed by atoms with Crippen LogP contribution < -0.4 is 0 Å². The summed E-state index contributed by atoms with van der Waals surface area (Å²) in [6.45, 7) is 7.52. The first-order valence-electron chi connectivity index (χ1n) is 8.69. The first-order chi connectivity index (χ1) is 11.7. The number of fused-ring (bicyclic) bond motifs is 3. The number of nitrogens with one attached hydrogen (secondary N) is 1. The van der Waals surface area contributed by atoms with Crippen LogP contribution in [0.15, 0.2) is 30.6 Å². The van der Waals surface area contributed by atoms with Gasteiger partial charge >= 0.3 is 0 Å². The topological polar surface area (TPSA) is 60.0 Å². The van der Waals surface area contributed by atoms with E-state index < -0.39 is 0 Å². The summed E-state index contributed by atoms with van der Waals surface area (Å²) in [6, 6.07) is 8.15. The first-order valence-corrected chi connectivity index (χ1v) is 8.69. The predicted octanol–water partition coefficient (Wildman–Crippen LogP) is 4.39. The molecule has 0 saturated carbocycles. The highest BCUT2D eigenvalue weighted by Gasteiger charge is 2.18. The van der Waals surface area contributed by atoms with Gasteiger partial charge < -0.3 is 14.5 Å². The van der Waals surface area contributed by atoms with Crippen LogP contribution in [0.1, 0.15) is 45.2 Å². The van der Waals surface area contributed by atoms with Crippen LogP contribution in [-0.2, 0) is 9.47 Å². The Morgan fingerprint density at radius 3 is 2.58 bits per heavy atom. The van der Waals surface area contributed by atoms with Crippen LogP contribution in [0.2, 0.25) is 0 Å². The highest BCUT2D eigenvalue weighted by molar-refractivity contribution is 6.02. The van der Waals surface area contributed by atoms with Crippen molar-refractivity contribution in [1.82, 2.24) is 15.0 Å². The fourth-order valence-electron chi connectivity index (χ4n) is 3.12. The van der Waals surface area contributed by atoms with E-state index >= 15 is 0 Å². The van der Waals surface area contributed by atoms with Gasteiger partial charge in [0.1, 0.15) is 0 Å². The average molecular weight is 327 g/mol. The molecule has 5 heteroatoms. The molecule has 1 aromatic carbocycles. The molecular weight excluding hydrogens is 302 g/mol. The van der Waals surface area contributed by atoms with Crippen molar-refractivity contribution >= 4 is 21.9 Å². The number of hydrogen-bond donors (Lipinski definition) is 1. The molecule has 0 aliphatic carbocycles. The lowest BCUT2D eigenvalue weighted by Crippen LogP contribution is -2.18. The second-order valence-corrected chi connectivity index (χ2v) is 5.96. The molecule has 128 valence electrons. The van der Waals surface area contributed by atoms with E-state index in [9.17, 15) is 0 Å². The largest absolute Gasteiger partial charge is 0.353 e. The van der Waals surface area contributed by atoms with Gasteiger partial charge in [-0.1, -0.05) is 25.1 Å². The zero-order chi connectivity index (χ0) is 16.9. The minimum Gasteiger partial charge on any atom is -0.353 e. The van der Waals surface area contributed by atoms with E-state index in [0.717, 1.165) is 40.5 Å². The van der Waals surface area contributed by atoms with Crippen molar-refractivity contribution in [2.45, 2.75) is 45.8 Å². The van der Waals surface area contributed by atoms with Gasteiger partial charge in [-0.3, -0.25) is 4.98 Å². The van der Waals surface area contributed by atoms with Gasteiger partial charge in [0.05, 0.1) is 28.6 Å². The Kier molecular flexibility index (Phi) is 5.43. The standard InChI is InChI=1S/C19H25N3O2/c1-4-23-16(24-5-2)11-10-13(3)17-19-18(20-12-21-19)14-8-6-7-9-15(14)22-17/h6-9,12-13,16H,4-5,10-11H2,1-3H3,(H,20,21). The fourth-order valence-corrected chi connectivity index (χ4v) is 3.12. The maximum Gasteiger partial charge on any atom is 0.157 e. The number of H-pyrrole nitrogens is 1. The number of aromatic amines is 1. The molecular formula is C19H25N3O2. The quantitative estimate of drug-likeness (QED) is 0.623. The summed E-state index contributed by atoms with van der Waals surface area (Å²) in [5, 5.41) is 1.09. The average Bonchev–Trinajstić information content (AvgIpc) is 3.09. The summed E-state index contributed by atoms with van der Waals surface area (Å²) in [4.78, 5) is 12.7. The molecule has 0 bridgehead atoms.